The van der Waals surface area contributed by atoms with E-state index in [4.69, 9.17) is 23.2 Å². The first-order chi connectivity index (χ1) is 11.2. The molecule has 2 rings (SSSR count). The third-order valence-electron chi connectivity index (χ3n) is 3.31. The van der Waals surface area contributed by atoms with Gasteiger partial charge in [-0.05, 0) is 37.6 Å². The Hall–Kier alpha value is -1.76. The van der Waals surface area contributed by atoms with Crippen molar-refractivity contribution < 1.29 is 13.5 Å². The molecule has 5 nitrogen and oxygen atoms in total. The van der Waals surface area contributed by atoms with Crippen molar-refractivity contribution in [1.82, 2.24) is 4.83 Å². The van der Waals surface area contributed by atoms with E-state index >= 15 is 0 Å². The molecule has 0 radical (unpaired) electrons. The molecule has 0 unspecified atom stereocenters. The molecule has 2 aromatic carbocycles. The number of hydrogen-bond donors (Lipinski definition) is 2. The van der Waals surface area contributed by atoms with Crippen LogP contribution >= 0.6 is 23.2 Å². The number of aromatic hydroxyl groups is 1. The second-order valence-corrected chi connectivity index (χ2v) is 7.61. The summed E-state index contributed by atoms with van der Waals surface area (Å²) in [5, 5.41) is 14.4. The summed E-state index contributed by atoms with van der Waals surface area (Å²) in [5.74, 6) is -0.198. The molecule has 2 aromatic rings. The van der Waals surface area contributed by atoms with Crippen LogP contribution in [0.1, 0.15) is 24.5 Å². The summed E-state index contributed by atoms with van der Waals surface area (Å²) in [4.78, 5) is 2.27. The highest BCUT2D eigenvalue weighted by Gasteiger charge is 2.16. The maximum Gasteiger partial charge on any atom is 0.276 e. The first kappa shape index (κ1) is 18.6. The summed E-state index contributed by atoms with van der Waals surface area (Å²) in [6.45, 7) is 3.64. The molecule has 0 aliphatic heterocycles. The van der Waals surface area contributed by atoms with Crippen molar-refractivity contribution in [2.75, 3.05) is 0 Å². The zero-order valence-corrected chi connectivity index (χ0v) is 15.4. The number of rotatable bonds is 5. The first-order valence-corrected chi connectivity index (χ1v) is 9.32. The molecule has 0 aliphatic rings. The highest BCUT2D eigenvalue weighted by Crippen LogP contribution is 2.32. The molecule has 0 bridgehead atoms. The number of aryl methyl sites for hydroxylation is 1. The van der Waals surface area contributed by atoms with Crippen LogP contribution in [0.2, 0.25) is 10.0 Å². The number of hydrogen-bond acceptors (Lipinski definition) is 4. The van der Waals surface area contributed by atoms with Gasteiger partial charge in [0.25, 0.3) is 10.0 Å². The van der Waals surface area contributed by atoms with E-state index in [0.717, 1.165) is 5.56 Å². The molecule has 0 saturated heterocycles. The Morgan fingerprint density at radius 1 is 1.21 bits per heavy atom. The number of nitrogens with zero attached hydrogens (tertiary/aromatic N) is 1. The number of hydrazone groups is 1. The van der Waals surface area contributed by atoms with Gasteiger partial charge in [0.1, 0.15) is 5.75 Å². The molecular formula is C16H16Cl2N2O3S. The summed E-state index contributed by atoms with van der Waals surface area (Å²) in [5.41, 5.74) is 1.54. The zero-order chi connectivity index (χ0) is 17.9. The van der Waals surface area contributed by atoms with Gasteiger partial charge in [0.2, 0.25) is 0 Å². The zero-order valence-electron chi connectivity index (χ0n) is 13.0. The molecule has 0 aliphatic carbocycles. The minimum Gasteiger partial charge on any atom is -0.506 e. The lowest BCUT2D eigenvalue weighted by atomic mass is 10.1. The van der Waals surface area contributed by atoms with Crippen molar-refractivity contribution in [3.05, 3.63) is 57.6 Å². The molecule has 128 valence electrons. The molecule has 0 amide bonds. The normalized spacial score (nSPS) is 12.2. The van der Waals surface area contributed by atoms with Crippen LogP contribution in [0.5, 0.6) is 5.75 Å². The molecule has 0 aromatic heterocycles. The Kier molecular flexibility index (Phi) is 5.74. The third kappa shape index (κ3) is 4.20. The van der Waals surface area contributed by atoms with Crippen molar-refractivity contribution in [3.8, 4) is 5.75 Å². The number of phenols is 1. The Morgan fingerprint density at radius 3 is 2.42 bits per heavy atom. The van der Waals surface area contributed by atoms with Crippen LogP contribution in [0.3, 0.4) is 0 Å². The monoisotopic (exact) mass is 386 g/mol. The Balaban J connectivity index is 2.37. The summed E-state index contributed by atoms with van der Waals surface area (Å²) < 4.78 is 24.6. The van der Waals surface area contributed by atoms with Crippen LogP contribution in [0, 0.1) is 6.92 Å². The van der Waals surface area contributed by atoms with E-state index in [9.17, 15) is 13.5 Å². The smallest absolute Gasteiger partial charge is 0.276 e. The van der Waals surface area contributed by atoms with Gasteiger partial charge >= 0.3 is 0 Å². The van der Waals surface area contributed by atoms with E-state index in [0.29, 0.717) is 17.2 Å². The van der Waals surface area contributed by atoms with E-state index in [1.165, 1.54) is 24.3 Å². The van der Waals surface area contributed by atoms with Crippen molar-refractivity contribution >= 4 is 38.9 Å². The lowest BCUT2D eigenvalue weighted by Gasteiger charge is -2.10. The van der Waals surface area contributed by atoms with Crippen LogP contribution in [0.4, 0.5) is 0 Å². The quantitative estimate of drug-likeness (QED) is 0.599. The second kappa shape index (κ2) is 7.42. The number of sulfonamides is 1. The molecule has 0 fully saturated rings. The van der Waals surface area contributed by atoms with E-state index < -0.39 is 10.0 Å². The SMILES string of the molecule is CC/C(=N\NS(=O)(=O)c1ccc(C)cc1)c1cc(Cl)cc(Cl)c1O. The third-order valence-corrected chi connectivity index (χ3v) is 5.04. The number of nitrogens with one attached hydrogen (secondary N) is 1. The molecule has 0 saturated carbocycles. The predicted molar refractivity (Wildman–Crippen MR) is 96.5 cm³/mol. The fourth-order valence-electron chi connectivity index (χ4n) is 2.00. The maximum atomic E-state index is 12.3. The highest BCUT2D eigenvalue weighted by atomic mass is 35.5. The van der Waals surface area contributed by atoms with Crippen molar-refractivity contribution in [2.45, 2.75) is 25.2 Å². The maximum absolute atomic E-state index is 12.3. The van der Waals surface area contributed by atoms with Gasteiger partial charge in [-0.15, -0.1) is 0 Å². The van der Waals surface area contributed by atoms with Gasteiger partial charge in [-0.25, -0.2) is 0 Å². The minimum atomic E-state index is -3.81. The van der Waals surface area contributed by atoms with Crippen LogP contribution in [-0.4, -0.2) is 19.2 Å². The van der Waals surface area contributed by atoms with E-state index in [1.807, 2.05) is 6.92 Å². The second-order valence-electron chi connectivity index (χ2n) is 5.10. The van der Waals surface area contributed by atoms with Crippen molar-refractivity contribution in [3.63, 3.8) is 0 Å². The predicted octanol–water partition coefficient (Wildman–Crippen LogP) is 4.10. The summed E-state index contributed by atoms with van der Waals surface area (Å²) in [6, 6.07) is 9.25. The molecule has 0 spiro atoms. The Morgan fingerprint density at radius 2 is 1.83 bits per heavy atom. The van der Waals surface area contributed by atoms with Gasteiger partial charge in [-0.3, -0.25) is 0 Å². The van der Waals surface area contributed by atoms with Gasteiger partial charge in [0, 0.05) is 10.6 Å². The van der Waals surface area contributed by atoms with E-state index in [1.54, 1.807) is 19.1 Å². The van der Waals surface area contributed by atoms with Gasteiger partial charge in [-0.1, -0.05) is 47.8 Å². The summed E-state index contributed by atoms with van der Waals surface area (Å²) in [7, 11) is -3.81. The van der Waals surface area contributed by atoms with Gasteiger partial charge in [0.05, 0.1) is 15.6 Å². The van der Waals surface area contributed by atoms with Gasteiger partial charge in [0.15, 0.2) is 0 Å². The summed E-state index contributed by atoms with van der Waals surface area (Å²) in [6.07, 6.45) is 0.362. The number of benzene rings is 2. The average molecular weight is 387 g/mol. The van der Waals surface area contributed by atoms with Gasteiger partial charge < -0.3 is 5.11 Å². The molecular weight excluding hydrogens is 371 g/mol. The van der Waals surface area contributed by atoms with Crippen molar-refractivity contribution in [2.24, 2.45) is 5.10 Å². The summed E-state index contributed by atoms with van der Waals surface area (Å²) >= 11 is 11.8. The van der Waals surface area contributed by atoms with Crippen LogP contribution in [-0.2, 0) is 10.0 Å². The standard InChI is InChI=1S/C16H16Cl2N2O3S/c1-3-15(13-8-11(17)9-14(18)16(13)21)19-20-24(22,23)12-6-4-10(2)5-7-12/h4-9,20-21H,3H2,1-2H3/b19-15+. The van der Waals surface area contributed by atoms with Crippen LogP contribution in [0.15, 0.2) is 46.4 Å². The lowest BCUT2D eigenvalue weighted by Crippen LogP contribution is -2.20. The molecule has 0 heterocycles. The molecule has 8 heteroatoms. The number of phenolic OH excluding ortho intramolecular Hbond substituents is 1. The average Bonchev–Trinajstić information content (AvgIpc) is 2.52. The minimum absolute atomic E-state index is 0.0695. The van der Waals surface area contributed by atoms with E-state index in [-0.39, 0.29) is 21.2 Å². The van der Waals surface area contributed by atoms with Crippen LogP contribution in [0.25, 0.3) is 0 Å². The first-order valence-electron chi connectivity index (χ1n) is 7.08. The topological polar surface area (TPSA) is 78.8 Å². The van der Waals surface area contributed by atoms with Crippen molar-refractivity contribution in [1.29, 1.82) is 0 Å². The lowest BCUT2D eigenvalue weighted by molar-refractivity contribution is 0.474. The van der Waals surface area contributed by atoms with Gasteiger partial charge in [-0.2, -0.15) is 18.4 Å². The Labute approximate surface area is 151 Å². The molecule has 0 atom stereocenters. The van der Waals surface area contributed by atoms with E-state index in [2.05, 4.69) is 9.93 Å². The number of halogens is 2. The Bertz CT molecular complexity index is 879. The highest BCUT2D eigenvalue weighted by molar-refractivity contribution is 7.89. The fraction of sp³-hybridized carbons (Fsp3) is 0.188. The molecule has 24 heavy (non-hydrogen) atoms. The fourth-order valence-corrected chi connectivity index (χ4v) is 3.32. The van der Waals surface area contributed by atoms with Crippen LogP contribution < -0.4 is 4.83 Å². The molecule has 2 N–H and O–H groups in total. The largest absolute Gasteiger partial charge is 0.506 e.